The average molecular weight is 254 g/mol. The number of carbonyl (C=O) groups is 2. The molecule has 2 saturated heterocycles. The lowest BCUT2D eigenvalue weighted by molar-refractivity contribution is -0.124. The third-order valence-electron chi connectivity index (χ3n) is 3.92. The number of fused-ring (bicyclic) bond motifs is 2. The second-order valence-corrected chi connectivity index (χ2v) is 5.16. The molecule has 0 spiro atoms. The van der Waals surface area contributed by atoms with E-state index in [-0.39, 0.29) is 5.91 Å². The summed E-state index contributed by atoms with van der Waals surface area (Å²) in [7, 11) is 1.62. The van der Waals surface area contributed by atoms with Crippen LogP contribution in [0.25, 0.3) is 0 Å². The van der Waals surface area contributed by atoms with Crippen molar-refractivity contribution in [2.24, 2.45) is 0 Å². The third kappa shape index (κ3) is 3.29. The van der Waals surface area contributed by atoms with Gasteiger partial charge in [0.1, 0.15) is 5.78 Å². The number of hydrogen-bond donors (Lipinski definition) is 1. The first kappa shape index (κ1) is 13.5. The Hall–Kier alpha value is -0.940. The molecule has 2 aliphatic rings. The summed E-state index contributed by atoms with van der Waals surface area (Å²) < 4.78 is 4.88. The van der Waals surface area contributed by atoms with Crippen LogP contribution >= 0.6 is 0 Å². The lowest BCUT2D eigenvalue weighted by atomic mass is 10.0. The van der Waals surface area contributed by atoms with Crippen LogP contribution in [0.4, 0.5) is 0 Å². The highest BCUT2D eigenvalue weighted by atomic mass is 16.5. The Morgan fingerprint density at radius 1 is 1.39 bits per heavy atom. The zero-order valence-corrected chi connectivity index (χ0v) is 11.0. The van der Waals surface area contributed by atoms with E-state index < -0.39 is 0 Å². The number of amides is 1. The van der Waals surface area contributed by atoms with Crippen molar-refractivity contribution in [3.05, 3.63) is 0 Å². The Kier molecular flexibility index (Phi) is 4.72. The van der Waals surface area contributed by atoms with Gasteiger partial charge in [-0.2, -0.15) is 0 Å². The van der Waals surface area contributed by atoms with Gasteiger partial charge in [-0.05, 0) is 12.8 Å². The Bertz CT molecular complexity index is 303. The van der Waals surface area contributed by atoms with Crippen LogP contribution < -0.4 is 5.32 Å². The van der Waals surface area contributed by atoms with Crippen LogP contribution in [0.1, 0.15) is 32.1 Å². The van der Waals surface area contributed by atoms with Gasteiger partial charge in [-0.3, -0.25) is 14.5 Å². The zero-order valence-electron chi connectivity index (χ0n) is 11.0. The monoisotopic (exact) mass is 254 g/mol. The quantitative estimate of drug-likeness (QED) is 0.694. The second-order valence-electron chi connectivity index (χ2n) is 5.16. The summed E-state index contributed by atoms with van der Waals surface area (Å²) in [5.74, 6) is 0.464. The van der Waals surface area contributed by atoms with Crippen molar-refractivity contribution in [2.45, 2.75) is 44.2 Å². The molecule has 2 unspecified atom stereocenters. The molecule has 0 aromatic heterocycles. The minimum atomic E-state index is 0.0725. The van der Waals surface area contributed by atoms with Crippen LogP contribution in [0.3, 0.4) is 0 Å². The van der Waals surface area contributed by atoms with Gasteiger partial charge in [0.15, 0.2) is 0 Å². The number of Topliss-reactive ketones (excluding diaryl/α,β-unsaturated/α-hetero) is 1. The van der Waals surface area contributed by atoms with E-state index in [9.17, 15) is 9.59 Å². The minimum Gasteiger partial charge on any atom is -0.383 e. The Morgan fingerprint density at radius 2 is 2.06 bits per heavy atom. The summed E-state index contributed by atoms with van der Waals surface area (Å²) in [4.78, 5) is 25.4. The average Bonchev–Trinajstić information content (AvgIpc) is 2.58. The summed E-state index contributed by atoms with van der Waals surface area (Å²) in [5.41, 5.74) is 0. The molecule has 2 rings (SSSR count). The fourth-order valence-electron chi connectivity index (χ4n) is 3.04. The normalized spacial score (nSPS) is 27.5. The van der Waals surface area contributed by atoms with Crippen LogP contribution in [-0.2, 0) is 14.3 Å². The van der Waals surface area contributed by atoms with Gasteiger partial charge >= 0.3 is 0 Å². The third-order valence-corrected chi connectivity index (χ3v) is 3.92. The lowest BCUT2D eigenvalue weighted by Crippen LogP contribution is -2.44. The summed E-state index contributed by atoms with van der Waals surface area (Å²) >= 11 is 0. The maximum absolute atomic E-state index is 11.6. The Balaban J connectivity index is 1.71. The van der Waals surface area contributed by atoms with E-state index in [2.05, 4.69) is 10.2 Å². The highest BCUT2D eigenvalue weighted by Crippen LogP contribution is 2.33. The molecular formula is C13H22N2O3. The lowest BCUT2D eigenvalue weighted by Gasteiger charge is -2.33. The van der Waals surface area contributed by atoms with Crippen molar-refractivity contribution in [2.75, 3.05) is 26.8 Å². The van der Waals surface area contributed by atoms with Crippen molar-refractivity contribution in [3.8, 4) is 0 Å². The summed E-state index contributed by atoms with van der Waals surface area (Å²) in [5, 5.41) is 2.82. The maximum atomic E-state index is 11.6. The van der Waals surface area contributed by atoms with Gasteiger partial charge < -0.3 is 10.1 Å². The maximum Gasteiger partial charge on any atom is 0.221 e. The highest BCUT2D eigenvalue weighted by molar-refractivity contribution is 5.81. The van der Waals surface area contributed by atoms with Crippen molar-refractivity contribution < 1.29 is 14.3 Å². The van der Waals surface area contributed by atoms with E-state index in [1.807, 2.05) is 0 Å². The Morgan fingerprint density at radius 3 is 2.67 bits per heavy atom. The fraction of sp³-hybridized carbons (Fsp3) is 0.846. The SMILES string of the molecule is COCCNC(=O)CCN1C2CCC1CC(=O)C2. The van der Waals surface area contributed by atoms with Crippen molar-refractivity contribution in [1.82, 2.24) is 10.2 Å². The zero-order chi connectivity index (χ0) is 13.0. The molecule has 5 nitrogen and oxygen atoms in total. The molecule has 1 amide bonds. The molecule has 0 radical (unpaired) electrons. The molecule has 2 heterocycles. The Labute approximate surface area is 108 Å². The summed E-state index contributed by atoms with van der Waals surface area (Å²) in [6.07, 6.45) is 4.11. The number of ether oxygens (including phenoxy) is 1. The van der Waals surface area contributed by atoms with Gasteiger partial charge in [0.25, 0.3) is 0 Å². The van der Waals surface area contributed by atoms with Gasteiger partial charge in [0.2, 0.25) is 5.91 Å². The molecular weight excluding hydrogens is 232 g/mol. The van der Waals surface area contributed by atoms with E-state index in [1.54, 1.807) is 7.11 Å². The van der Waals surface area contributed by atoms with Crippen molar-refractivity contribution in [3.63, 3.8) is 0 Å². The van der Waals surface area contributed by atoms with Gasteiger partial charge in [-0.25, -0.2) is 0 Å². The summed E-state index contributed by atoms with van der Waals surface area (Å²) in [6, 6.07) is 0.783. The number of piperidine rings is 1. The topological polar surface area (TPSA) is 58.6 Å². The first-order chi connectivity index (χ1) is 8.70. The van der Waals surface area contributed by atoms with E-state index in [0.717, 1.165) is 19.4 Å². The molecule has 0 aromatic rings. The van der Waals surface area contributed by atoms with Crippen molar-refractivity contribution in [1.29, 1.82) is 0 Å². The number of nitrogens with zero attached hydrogens (tertiary/aromatic N) is 1. The van der Waals surface area contributed by atoms with E-state index in [0.29, 0.717) is 50.3 Å². The van der Waals surface area contributed by atoms with Crippen molar-refractivity contribution >= 4 is 11.7 Å². The van der Waals surface area contributed by atoms with Gasteiger partial charge in [0.05, 0.1) is 6.61 Å². The van der Waals surface area contributed by atoms with Crippen LogP contribution in [0.15, 0.2) is 0 Å². The molecule has 102 valence electrons. The number of methoxy groups -OCH3 is 1. The highest BCUT2D eigenvalue weighted by Gasteiger charge is 2.39. The molecule has 2 fully saturated rings. The molecule has 1 N–H and O–H groups in total. The van der Waals surface area contributed by atoms with Crippen LogP contribution in [0.5, 0.6) is 0 Å². The molecule has 18 heavy (non-hydrogen) atoms. The summed E-state index contributed by atoms with van der Waals surface area (Å²) in [6.45, 7) is 1.90. The molecule has 2 aliphatic heterocycles. The standard InChI is InChI=1S/C13H22N2O3/c1-18-7-5-14-13(17)4-6-15-10-2-3-11(15)9-12(16)8-10/h10-11H,2-9H2,1H3,(H,14,17). The molecule has 0 aromatic carbocycles. The molecule has 0 aliphatic carbocycles. The first-order valence-electron chi connectivity index (χ1n) is 6.74. The number of hydrogen-bond acceptors (Lipinski definition) is 4. The number of carbonyl (C=O) groups excluding carboxylic acids is 2. The van der Waals surface area contributed by atoms with Gasteiger partial charge in [0, 0.05) is 51.5 Å². The predicted octanol–water partition coefficient (Wildman–Crippen LogP) is 0.335. The van der Waals surface area contributed by atoms with Crippen LogP contribution in [-0.4, -0.2) is 55.5 Å². The van der Waals surface area contributed by atoms with Crippen LogP contribution in [0.2, 0.25) is 0 Å². The largest absolute Gasteiger partial charge is 0.383 e. The molecule has 0 saturated carbocycles. The first-order valence-corrected chi connectivity index (χ1v) is 6.74. The van der Waals surface area contributed by atoms with E-state index in [4.69, 9.17) is 4.74 Å². The van der Waals surface area contributed by atoms with E-state index >= 15 is 0 Å². The van der Waals surface area contributed by atoms with Gasteiger partial charge in [-0.15, -0.1) is 0 Å². The minimum absolute atomic E-state index is 0.0725. The molecule has 5 heteroatoms. The smallest absolute Gasteiger partial charge is 0.221 e. The fourth-order valence-corrected chi connectivity index (χ4v) is 3.04. The molecule has 2 atom stereocenters. The number of nitrogens with one attached hydrogen (secondary N) is 1. The van der Waals surface area contributed by atoms with Gasteiger partial charge in [-0.1, -0.05) is 0 Å². The molecule has 2 bridgehead atoms. The second kappa shape index (κ2) is 6.29. The number of rotatable bonds is 6. The van der Waals surface area contributed by atoms with Crippen LogP contribution in [0, 0.1) is 0 Å². The predicted molar refractivity (Wildman–Crippen MR) is 67.3 cm³/mol. The van der Waals surface area contributed by atoms with E-state index in [1.165, 1.54) is 0 Å². The number of ketones is 1.